The van der Waals surface area contributed by atoms with Crippen molar-refractivity contribution in [2.24, 2.45) is 11.8 Å². The summed E-state index contributed by atoms with van der Waals surface area (Å²) in [6, 6.07) is 7.01. The van der Waals surface area contributed by atoms with Crippen LogP contribution in [-0.2, 0) is 9.59 Å². The van der Waals surface area contributed by atoms with Crippen molar-refractivity contribution in [2.75, 3.05) is 25.0 Å². The maximum absolute atomic E-state index is 12.0. The van der Waals surface area contributed by atoms with Crippen molar-refractivity contribution in [3.05, 3.63) is 29.3 Å². The molecule has 22 heavy (non-hydrogen) atoms. The van der Waals surface area contributed by atoms with Gasteiger partial charge in [-0.05, 0) is 30.5 Å². The molecule has 1 amide bonds. The van der Waals surface area contributed by atoms with Gasteiger partial charge < -0.3 is 15.3 Å². The molecule has 1 aliphatic rings. The van der Waals surface area contributed by atoms with E-state index < -0.39 is 5.97 Å². The fourth-order valence-corrected chi connectivity index (χ4v) is 3.06. The zero-order valence-electron chi connectivity index (χ0n) is 12.6. The minimum Gasteiger partial charge on any atom is -0.481 e. The van der Waals surface area contributed by atoms with Gasteiger partial charge in [0, 0.05) is 36.8 Å². The summed E-state index contributed by atoms with van der Waals surface area (Å²) in [6.07, 6.45) is 1.05. The van der Waals surface area contributed by atoms with Crippen LogP contribution < -0.4 is 5.32 Å². The van der Waals surface area contributed by atoms with Gasteiger partial charge in [-0.15, -0.1) is 0 Å². The number of piperidine rings is 1. The number of rotatable bonds is 5. The first-order valence-electron chi connectivity index (χ1n) is 7.44. The standard InChI is InChI=1S/C16H21ClN2O3/c1-11-7-12(16(21)22)10-19(9-11)6-5-15(20)18-14-4-2-3-13(17)8-14/h2-4,8,11-12H,5-7,9-10H2,1H3,(H,18,20)(H,21,22). The maximum atomic E-state index is 12.0. The van der Waals surface area contributed by atoms with E-state index in [2.05, 4.69) is 10.2 Å². The number of carbonyl (C=O) groups is 2. The van der Waals surface area contributed by atoms with Crippen molar-refractivity contribution in [3.63, 3.8) is 0 Å². The summed E-state index contributed by atoms with van der Waals surface area (Å²) in [7, 11) is 0. The highest BCUT2D eigenvalue weighted by Crippen LogP contribution is 2.22. The Labute approximate surface area is 135 Å². The Morgan fingerprint density at radius 1 is 1.41 bits per heavy atom. The van der Waals surface area contributed by atoms with Crippen LogP contribution in [0.25, 0.3) is 0 Å². The number of carbonyl (C=O) groups excluding carboxylic acids is 1. The molecule has 2 rings (SSSR count). The van der Waals surface area contributed by atoms with Crippen LogP contribution in [-0.4, -0.2) is 41.5 Å². The molecule has 0 aliphatic carbocycles. The van der Waals surface area contributed by atoms with Crippen LogP contribution in [0.1, 0.15) is 19.8 Å². The number of likely N-dealkylation sites (tertiary alicyclic amines) is 1. The number of amides is 1. The Kier molecular flexibility index (Phi) is 5.80. The van der Waals surface area contributed by atoms with Gasteiger partial charge in [0.05, 0.1) is 5.92 Å². The van der Waals surface area contributed by atoms with Crippen molar-refractivity contribution in [1.29, 1.82) is 0 Å². The first kappa shape index (κ1) is 16.8. The summed E-state index contributed by atoms with van der Waals surface area (Å²) in [5, 5.41) is 12.5. The summed E-state index contributed by atoms with van der Waals surface area (Å²) in [5.41, 5.74) is 0.674. The molecule has 1 aromatic rings. The smallest absolute Gasteiger partial charge is 0.307 e. The summed E-state index contributed by atoms with van der Waals surface area (Å²) >= 11 is 5.87. The van der Waals surface area contributed by atoms with Crippen LogP contribution in [0.3, 0.4) is 0 Å². The minimum atomic E-state index is -0.750. The molecule has 0 bridgehead atoms. The first-order chi connectivity index (χ1) is 10.4. The van der Waals surface area contributed by atoms with Gasteiger partial charge in [0.1, 0.15) is 0 Å². The van der Waals surface area contributed by atoms with Crippen LogP contribution in [0.4, 0.5) is 5.69 Å². The molecule has 0 radical (unpaired) electrons. The lowest BCUT2D eigenvalue weighted by atomic mass is 9.90. The Morgan fingerprint density at radius 3 is 2.86 bits per heavy atom. The third-order valence-corrected chi connectivity index (χ3v) is 4.08. The van der Waals surface area contributed by atoms with Gasteiger partial charge in [0.2, 0.25) is 5.91 Å². The molecule has 2 atom stereocenters. The highest BCUT2D eigenvalue weighted by Gasteiger charge is 2.29. The van der Waals surface area contributed by atoms with Gasteiger partial charge >= 0.3 is 5.97 Å². The highest BCUT2D eigenvalue weighted by molar-refractivity contribution is 6.30. The molecule has 1 aromatic carbocycles. The molecule has 1 saturated heterocycles. The molecule has 2 unspecified atom stereocenters. The largest absolute Gasteiger partial charge is 0.481 e. The molecule has 1 fully saturated rings. The molecular weight excluding hydrogens is 304 g/mol. The molecule has 1 aliphatic heterocycles. The Hall–Kier alpha value is -1.59. The third-order valence-electron chi connectivity index (χ3n) is 3.85. The summed E-state index contributed by atoms with van der Waals surface area (Å²) in [6.45, 7) is 3.98. The van der Waals surface area contributed by atoms with Crippen LogP contribution in [0.15, 0.2) is 24.3 Å². The molecule has 2 N–H and O–H groups in total. The highest BCUT2D eigenvalue weighted by atomic mass is 35.5. The van der Waals surface area contributed by atoms with E-state index in [1.54, 1.807) is 24.3 Å². The minimum absolute atomic E-state index is 0.0904. The fourth-order valence-electron chi connectivity index (χ4n) is 2.87. The molecule has 1 heterocycles. The summed E-state index contributed by atoms with van der Waals surface area (Å²) in [4.78, 5) is 25.2. The molecule has 5 nitrogen and oxygen atoms in total. The van der Waals surface area contributed by atoms with Gasteiger partial charge in [-0.2, -0.15) is 0 Å². The zero-order chi connectivity index (χ0) is 16.1. The second kappa shape index (κ2) is 7.61. The zero-order valence-corrected chi connectivity index (χ0v) is 13.3. The number of halogens is 1. The van der Waals surface area contributed by atoms with Gasteiger partial charge in [0.15, 0.2) is 0 Å². The van der Waals surface area contributed by atoms with Crippen molar-refractivity contribution in [2.45, 2.75) is 19.8 Å². The summed E-state index contributed by atoms with van der Waals surface area (Å²) < 4.78 is 0. The average Bonchev–Trinajstić information content (AvgIpc) is 2.44. The molecule has 0 saturated carbocycles. The van der Waals surface area contributed by atoms with Gasteiger partial charge in [-0.1, -0.05) is 24.6 Å². The van der Waals surface area contributed by atoms with Crippen molar-refractivity contribution in [1.82, 2.24) is 4.90 Å². The maximum Gasteiger partial charge on any atom is 0.307 e. The fraction of sp³-hybridized carbons (Fsp3) is 0.500. The van der Waals surface area contributed by atoms with Crippen molar-refractivity contribution in [3.8, 4) is 0 Å². The van der Waals surface area contributed by atoms with E-state index in [9.17, 15) is 9.59 Å². The number of nitrogens with zero attached hydrogens (tertiary/aromatic N) is 1. The number of aliphatic carboxylic acids is 1. The second-order valence-electron chi connectivity index (χ2n) is 5.94. The van der Waals surface area contributed by atoms with E-state index in [4.69, 9.17) is 16.7 Å². The van der Waals surface area contributed by atoms with Crippen LogP contribution >= 0.6 is 11.6 Å². The normalized spacial score (nSPS) is 22.3. The molecular formula is C16H21ClN2O3. The molecule has 6 heteroatoms. The second-order valence-corrected chi connectivity index (χ2v) is 6.38. The topological polar surface area (TPSA) is 69.6 Å². The lowest BCUT2D eigenvalue weighted by molar-refractivity contribution is -0.144. The summed E-state index contributed by atoms with van der Waals surface area (Å²) in [5.74, 6) is -0.835. The van der Waals surface area contributed by atoms with Crippen LogP contribution in [0.5, 0.6) is 0 Å². The van der Waals surface area contributed by atoms with Gasteiger partial charge in [-0.25, -0.2) is 0 Å². The van der Waals surface area contributed by atoms with E-state index in [1.165, 1.54) is 0 Å². The molecule has 0 spiro atoms. The number of hydrogen-bond donors (Lipinski definition) is 2. The Morgan fingerprint density at radius 2 is 2.18 bits per heavy atom. The predicted octanol–water partition coefficient (Wildman–Crippen LogP) is 2.71. The number of anilines is 1. The van der Waals surface area contributed by atoms with Crippen LogP contribution in [0.2, 0.25) is 5.02 Å². The van der Waals surface area contributed by atoms with Crippen LogP contribution in [0, 0.1) is 11.8 Å². The Bertz CT molecular complexity index is 550. The lowest BCUT2D eigenvalue weighted by Crippen LogP contribution is -2.43. The molecule has 120 valence electrons. The lowest BCUT2D eigenvalue weighted by Gasteiger charge is -2.34. The number of benzene rings is 1. The van der Waals surface area contributed by atoms with Crippen molar-refractivity contribution >= 4 is 29.2 Å². The average molecular weight is 325 g/mol. The quantitative estimate of drug-likeness (QED) is 0.873. The molecule has 0 aromatic heterocycles. The number of carboxylic acids is 1. The number of hydrogen-bond acceptors (Lipinski definition) is 3. The van der Waals surface area contributed by atoms with Gasteiger partial charge in [0.25, 0.3) is 0 Å². The number of carboxylic acid groups (broad SMARTS) is 1. The number of nitrogens with one attached hydrogen (secondary N) is 1. The van der Waals surface area contributed by atoms with Gasteiger partial charge in [-0.3, -0.25) is 9.59 Å². The SMILES string of the molecule is CC1CC(C(=O)O)CN(CCC(=O)Nc2cccc(Cl)c2)C1. The van der Waals surface area contributed by atoms with E-state index in [-0.39, 0.29) is 11.8 Å². The predicted molar refractivity (Wildman–Crippen MR) is 86.0 cm³/mol. The third kappa shape index (κ3) is 5.00. The van der Waals surface area contributed by atoms with E-state index >= 15 is 0 Å². The Balaban J connectivity index is 1.81. The van der Waals surface area contributed by atoms with E-state index in [1.807, 2.05) is 6.92 Å². The van der Waals surface area contributed by atoms with E-state index in [0.717, 1.165) is 6.54 Å². The monoisotopic (exact) mass is 324 g/mol. The van der Waals surface area contributed by atoms with Crippen molar-refractivity contribution < 1.29 is 14.7 Å². The first-order valence-corrected chi connectivity index (χ1v) is 7.82. The van der Waals surface area contributed by atoms with E-state index in [0.29, 0.717) is 42.6 Å².